The summed E-state index contributed by atoms with van der Waals surface area (Å²) in [5.41, 5.74) is 0.876. The largest absolute Gasteiger partial charge is 0.372 e. The van der Waals surface area contributed by atoms with E-state index in [9.17, 15) is 0 Å². The normalized spacial score (nSPS) is 10.5. The van der Waals surface area contributed by atoms with Gasteiger partial charge >= 0.3 is 0 Å². The predicted octanol–water partition coefficient (Wildman–Crippen LogP) is 1.40. The van der Waals surface area contributed by atoms with Crippen molar-refractivity contribution in [1.82, 2.24) is 10.2 Å². The molecule has 11 heavy (non-hydrogen) atoms. The van der Waals surface area contributed by atoms with Crippen LogP contribution < -0.4 is 0 Å². The summed E-state index contributed by atoms with van der Waals surface area (Å²) in [4.78, 5) is 0. The second kappa shape index (κ2) is 4.03. The molecular weight excluding hydrogens is 140 g/mol. The molecule has 1 aromatic rings. The Balaban J connectivity index is 2.39. The number of hydrogen-bond donors (Lipinski definition) is 0. The molecule has 0 atom stereocenters. The third-order valence-electron chi connectivity index (χ3n) is 1.19. The van der Waals surface area contributed by atoms with E-state index in [0.717, 1.165) is 5.69 Å². The van der Waals surface area contributed by atoms with Crippen LogP contribution in [0, 0.1) is 0 Å². The van der Waals surface area contributed by atoms with Crippen LogP contribution in [-0.4, -0.2) is 16.3 Å². The Morgan fingerprint density at radius 2 is 2.36 bits per heavy atom. The molecular formula is C8H12N2O. The van der Waals surface area contributed by atoms with Gasteiger partial charge in [-0.25, -0.2) is 0 Å². The van der Waals surface area contributed by atoms with Crippen molar-refractivity contribution in [3.63, 3.8) is 0 Å². The highest BCUT2D eigenvalue weighted by Gasteiger charge is 1.95. The standard InChI is InChI=1S/C8H12N2O/c1-7(2)11-6-8-4-3-5-9-10-8/h3-5,7H,6H2,1-2H3. The van der Waals surface area contributed by atoms with Gasteiger partial charge in [-0.1, -0.05) is 0 Å². The molecule has 0 amide bonds. The fourth-order valence-corrected chi connectivity index (χ4v) is 0.662. The minimum atomic E-state index is 0.247. The molecule has 0 aliphatic carbocycles. The molecule has 0 spiro atoms. The highest BCUT2D eigenvalue weighted by molar-refractivity contribution is 4.96. The van der Waals surface area contributed by atoms with Crippen molar-refractivity contribution in [1.29, 1.82) is 0 Å². The minimum Gasteiger partial charge on any atom is -0.372 e. The average molecular weight is 152 g/mol. The lowest BCUT2D eigenvalue weighted by atomic mass is 10.4. The first-order valence-corrected chi connectivity index (χ1v) is 3.67. The van der Waals surface area contributed by atoms with E-state index in [0.29, 0.717) is 6.61 Å². The number of nitrogens with zero attached hydrogens (tertiary/aromatic N) is 2. The summed E-state index contributed by atoms with van der Waals surface area (Å²) >= 11 is 0. The summed E-state index contributed by atoms with van der Waals surface area (Å²) in [6.45, 7) is 4.54. The molecule has 1 heterocycles. The molecule has 3 heteroatoms. The van der Waals surface area contributed by atoms with E-state index in [1.807, 2.05) is 26.0 Å². The maximum Gasteiger partial charge on any atom is 0.0910 e. The van der Waals surface area contributed by atoms with Gasteiger partial charge < -0.3 is 4.74 Å². The molecule has 1 aromatic heterocycles. The molecule has 0 N–H and O–H groups in total. The lowest BCUT2D eigenvalue weighted by Gasteiger charge is -2.04. The second-order valence-electron chi connectivity index (χ2n) is 2.57. The maximum atomic E-state index is 5.33. The Morgan fingerprint density at radius 1 is 1.55 bits per heavy atom. The van der Waals surface area contributed by atoms with E-state index in [1.165, 1.54) is 0 Å². The quantitative estimate of drug-likeness (QED) is 0.656. The van der Waals surface area contributed by atoms with Crippen LogP contribution >= 0.6 is 0 Å². The van der Waals surface area contributed by atoms with Crippen molar-refractivity contribution in [3.05, 3.63) is 24.0 Å². The smallest absolute Gasteiger partial charge is 0.0910 e. The first-order chi connectivity index (χ1) is 5.29. The number of hydrogen-bond acceptors (Lipinski definition) is 3. The third kappa shape index (κ3) is 3.09. The van der Waals surface area contributed by atoms with Gasteiger partial charge in [0.05, 0.1) is 18.4 Å². The summed E-state index contributed by atoms with van der Waals surface area (Å²) in [5, 5.41) is 7.61. The molecule has 0 radical (unpaired) electrons. The van der Waals surface area contributed by atoms with Crippen LogP contribution in [0.5, 0.6) is 0 Å². The maximum absolute atomic E-state index is 5.33. The molecule has 0 aliphatic rings. The van der Waals surface area contributed by atoms with E-state index < -0.39 is 0 Å². The molecule has 0 bridgehead atoms. The molecule has 1 rings (SSSR count). The van der Waals surface area contributed by atoms with E-state index >= 15 is 0 Å². The Morgan fingerprint density at radius 3 is 2.91 bits per heavy atom. The van der Waals surface area contributed by atoms with Crippen molar-refractivity contribution in [2.45, 2.75) is 26.6 Å². The predicted molar refractivity (Wildman–Crippen MR) is 42.0 cm³/mol. The van der Waals surface area contributed by atoms with Gasteiger partial charge in [-0.05, 0) is 26.0 Å². The zero-order chi connectivity index (χ0) is 8.10. The minimum absolute atomic E-state index is 0.247. The molecule has 3 nitrogen and oxygen atoms in total. The first-order valence-electron chi connectivity index (χ1n) is 3.67. The molecule has 0 aliphatic heterocycles. The summed E-state index contributed by atoms with van der Waals surface area (Å²) in [6.07, 6.45) is 1.90. The summed E-state index contributed by atoms with van der Waals surface area (Å²) in [6, 6.07) is 3.75. The van der Waals surface area contributed by atoms with E-state index in [-0.39, 0.29) is 6.10 Å². The van der Waals surface area contributed by atoms with Crippen LogP contribution in [0.2, 0.25) is 0 Å². The van der Waals surface area contributed by atoms with E-state index in [2.05, 4.69) is 10.2 Å². The molecule has 0 aromatic carbocycles. The van der Waals surface area contributed by atoms with Crippen molar-refractivity contribution >= 4 is 0 Å². The second-order valence-corrected chi connectivity index (χ2v) is 2.57. The lowest BCUT2D eigenvalue weighted by Crippen LogP contribution is -2.03. The summed E-state index contributed by atoms with van der Waals surface area (Å²) in [5.74, 6) is 0. The SMILES string of the molecule is CC(C)OCc1cccnn1. The van der Waals surface area contributed by atoms with Crippen LogP contribution in [0.4, 0.5) is 0 Å². The van der Waals surface area contributed by atoms with Gasteiger partial charge in [-0.15, -0.1) is 0 Å². The number of rotatable bonds is 3. The van der Waals surface area contributed by atoms with Gasteiger partial charge in [-0.2, -0.15) is 10.2 Å². The fourth-order valence-electron chi connectivity index (χ4n) is 0.662. The summed E-state index contributed by atoms with van der Waals surface area (Å²) < 4.78 is 5.33. The zero-order valence-electron chi connectivity index (χ0n) is 6.82. The van der Waals surface area contributed by atoms with E-state index in [4.69, 9.17) is 4.74 Å². The molecule has 0 saturated heterocycles. The fraction of sp³-hybridized carbons (Fsp3) is 0.500. The lowest BCUT2D eigenvalue weighted by molar-refractivity contribution is 0.0631. The van der Waals surface area contributed by atoms with Gasteiger partial charge in [-0.3, -0.25) is 0 Å². The van der Waals surface area contributed by atoms with Crippen LogP contribution in [0.1, 0.15) is 19.5 Å². The Kier molecular flexibility index (Phi) is 2.98. The van der Waals surface area contributed by atoms with Crippen molar-refractivity contribution in [2.24, 2.45) is 0 Å². The third-order valence-corrected chi connectivity index (χ3v) is 1.19. The number of aromatic nitrogens is 2. The summed E-state index contributed by atoms with van der Waals surface area (Å²) in [7, 11) is 0. The van der Waals surface area contributed by atoms with Gasteiger partial charge in [0.15, 0.2) is 0 Å². The topological polar surface area (TPSA) is 35.0 Å². The highest BCUT2D eigenvalue weighted by Crippen LogP contribution is 1.97. The average Bonchev–Trinajstić information content (AvgIpc) is 2.03. The molecule has 0 fully saturated rings. The van der Waals surface area contributed by atoms with Gasteiger partial charge in [0.1, 0.15) is 0 Å². The van der Waals surface area contributed by atoms with E-state index in [1.54, 1.807) is 6.20 Å². The van der Waals surface area contributed by atoms with Crippen molar-refractivity contribution in [2.75, 3.05) is 0 Å². The molecule has 60 valence electrons. The number of ether oxygens (including phenoxy) is 1. The van der Waals surface area contributed by atoms with Crippen molar-refractivity contribution < 1.29 is 4.74 Å². The van der Waals surface area contributed by atoms with Crippen LogP contribution in [0.3, 0.4) is 0 Å². The van der Waals surface area contributed by atoms with Crippen LogP contribution in [0.15, 0.2) is 18.3 Å². The molecule has 0 unspecified atom stereocenters. The monoisotopic (exact) mass is 152 g/mol. The van der Waals surface area contributed by atoms with Gasteiger partial charge in [0, 0.05) is 6.20 Å². The zero-order valence-corrected chi connectivity index (χ0v) is 6.82. The van der Waals surface area contributed by atoms with Crippen LogP contribution in [-0.2, 0) is 11.3 Å². The van der Waals surface area contributed by atoms with Crippen molar-refractivity contribution in [3.8, 4) is 0 Å². The Hall–Kier alpha value is -0.960. The molecule has 0 saturated carbocycles. The highest BCUT2D eigenvalue weighted by atomic mass is 16.5. The first kappa shape index (κ1) is 8.14. The Labute approximate surface area is 66.4 Å². The van der Waals surface area contributed by atoms with Gasteiger partial charge in [0.2, 0.25) is 0 Å². The van der Waals surface area contributed by atoms with Gasteiger partial charge in [0.25, 0.3) is 0 Å². The Bertz CT molecular complexity index is 199. The van der Waals surface area contributed by atoms with Crippen LogP contribution in [0.25, 0.3) is 0 Å².